The maximum atomic E-state index is 11.4. The molecule has 1 saturated heterocycles. The normalized spacial score (nSPS) is 24.7. The summed E-state index contributed by atoms with van der Waals surface area (Å²) >= 11 is 0. The van der Waals surface area contributed by atoms with E-state index in [9.17, 15) is 19.2 Å². The van der Waals surface area contributed by atoms with Crippen molar-refractivity contribution in [3.63, 3.8) is 0 Å². The summed E-state index contributed by atoms with van der Waals surface area (Å²) in [6.07, 6.45) is -2.33. The molecule has 0 spiro atoms. The van der Waals surface area contributed by atoms with Crippen LogP contribution in [0.1, 0.15) is 46.5 Å². The van der Waals surface area contributed by atoms with Crippen LogP contribution >= 0.6 is 0 Å². The van der Waals surface area contributed by atoms with E-state index in [1.165, 1.54) is 20.8 Å². The van der Waals surface area contributed by atoms with Gasteiger partial charge in [-0.15, -0.1) is 0 Å². The Kier molecular flexibility index (Phi) is 9.73. The fourth-order valence-electron chi connectivity index (χ4n) is 2.60. The number of carboxylic acids is 1. The van der Waals surface area contributed by atoms with E-state index in [1.807, 2.05) is 0 Å². The third kappa shape index (κ3) is 9.34. The highest BCUT2D eigenvalue weighted by Gasteiger charge is 2.44. The third-order valence-electron chi connectivity index (χ3n) is 3.64. The lowest BCUT2D eigenvalue weighted by atomic mass is 10.0. The van der Waals surface area contributed by atoms with E-state index < -0.39 is 48.5 Å². The van der Waals surface area contributed by atoms with E-state index in [0.717, 1.165) is 0 Å². The predicted molar refractivity (Wildman–Crippen MR) is 88.5 cm³/mol. The van der Waals surface area contributed by atoms with Gasteiger partial charge < -0.3 is 28.8 Å². The van der Waals surface area contributed by atoms with Crippen LogP contribution in [0.4, 0.5) is 0 Å². The molecule has 0 aromatic carbocycles. The molecule has 1 aliphatic rings. The Labute approximate surface area is 157 Å². The van der Waals surface area contributed by atoms with Gasteiger partial charge in [-0.3, -0.25) is 19.2 Å². The van der Waals surface area contributed by atoms with Crippen LogP contribution in [-0.4, -0.2) is 66.8 Å². The van der Waals surface area contributed by atoms with Crippen LogP contribution in [0.15, 0.2) is 0 Å². The standard InChI is InChI=1S/C17H26O10/c1-10(18)24-9-14-17(26-12(3)20)13(25-11(2)19)8-16(27-14)23-7-5-4-6-15(21)22/h13-14,16-17H,4-9H2,1-3H3,(H,21,22)/t13?,14-,16?,17?/m1/s1. The van der Waals surface area contributed by atoms with Crippen molar-refractivity contribution in [3.8, 4) is 0 Å². The number of hydrogen-bond donors (Lipinski definition) is 1. The topological polar surface area (TPSA) is 135 Å². The maximum Gasteiger partial charge on any atom is 0.303 e. The second-order valence-corrected chi connectivity index (χ2v) is 6.09. The van der Waals surface area contributed by atoms with Crippen LogP contribution in [0.2, 0.25) is 0 Å². The summed E-state index contributed by atoms with van der Waals surface area (Å²) < 4.78 is 26.7. The number of esters is 3. The Morgan fingerprint density at radius 2 is 1.67 bits per heavy atom. The van der Waals surface area contributed by atoms with Gasteiger partial charge >= 0.3 is 23.9 Å². The molecule has 1 N–H and O–H groups in total. The largest absolute Gasteiger partial charge is 0.481 e. The Balaban J connectivity index is 2.74. The van der Waals surface area contributed by atoms with Gasteiger partial charge in [0.2, 0.25) is 0 Å². The first kappa shape index (κ1) is 22.8. The number of unbranched alkanes of at least 4 members (excludes halogenated alkanes) is 1. The van der Waals surface area contributed by atoms with Crippen molar-refractivity contribution in [3.05, 3.63) is 0 Å². The highest BCUT2D eigenvalue weighted by molar-refractivity contribution is 5.68. The predicted octanol–water partition coefficient (Wildman–Crippen LogP) is 0.799. The van der Waals surface area contributed by atoms with Crippen molar-refractivity contribution in [1.29, 1.82) is 0 Å². The van der Waals surface area contributed by atoms with Crippen molar-refractivity contribution in [1.82, 2.24) is 0 Å². The van der Waals surface area contributed by atoms with Crippen molar-refractivity contribution >= 4 is 23.9 Å². The molecule has 1 heterocycles. The Morgan fingerprint density at radius 1 is 1.00 bits per heavy atom. The lowest BCUT2D eigenvalue weighted by Gasteiger charge is -2.39. The van der Waals surface area contributed by atoms with Gasteiger partial charge in [-0.25, -0.2) is 0 Å². The highest BCUT2D eigenvalue weighted by Crippen LogP contribution is 2.27. The highest BCUT2D eigenvalue weighted by atomic mass is 16.7. The van der Waals surface area contributed by atoms with E-state index in [0.29, 0.717) is 12.8 Å². The number of carbonyl (C=O) groups is 4. The summed E-state index contributed by atoms with van der Waals surface area (Å²) in [4.78, 5) is 44.4. The summed E-state index contributed by atoms with van der Waals surface area (Å²) in [6.45, 7) is 3.69. The van der Waals surface area contributed by atoms with Gasteiger partial charge in [-0.05, 0) is 12.8 Å². The minimum atomic E-state index is -0.947. The van der Waals surface area contributed by atoms with Crippen molar-refractivity contribution in [2.45, 2.75) is 71.1 Å². The van der Waals surface area contributed by atoms with Crippen LogP contribution in [0.3, 0.4) is 0 Å². The summed E-state index contributed by atoms with van der Waals surface area (Å²) in [5.74, 6) is -2.59. The van der Waals surface area contributed by atoms with Crippen molar-refractivity contribution < 1.29 is 48.0 Å². The second kappa shape index (κ2) is 11.5. The molecule has 27 heavy (non-hydrogen) atoms. The number of carbonyl (C=O) groups excluding carboxylic acids is 3. The molecule has 0 aliphatic carbocycles. The molecular weight excluding hydrogens is 364 g/mol. The molecule has 10 nitrogen and oxygen atoms in total. The van der Waals surface area contributed by atoms with Gasteiger partial charge in [0.15, 0.2) is 12.4 Å². The Bertz CT molecular complexity index is 532. The molecule has 1 fully saturated rings. The number of ether oxygens (including phenoxy) is 5. The van der Waals surface area contributed by atoms with Crippen LogP contribution in [0.5, 0.6) is 0 Å². The lowest BCUT2D eigenvalue weighted by Crippen LogP contribution is -2.54. The summed E-state index contributed by atoms with van der Waals surface area (Å²) in [6, 6.07) is 0. The molecule has 0 amide bonds. The van der Waals surface area contributed by atoms with E-state index in [-0.39, 0.29) is 26.1 Å². The first-order chi connectivity index (χ1) is 12.7. The molecule has 154 valence electrons. The monoisotopic (exact) mass is 390 g/mol. The third-order valence-corrected chi connectivity index (χ3v) is 3.64. The fourth-order valence-corrected chi connectivity index (χ4v) is 2.60. The SMILES string of the molecule is CC(=O)OC[C@H]1OC(OCCCCC(=O)O)CC(OC(C)=O)C1OC(C)=O. The Hall–Kier alpha value is -2.20. The van der Waals surface area contributed by atoms with Crippen LogP contribution in [0, 0.1) is 0 Å². The van der Waals surface area contributed by atoms with E-state index in [2.05, 4.69) is 0 Å². The van der Waals surface area contributed by atoms with Gasteiger partial charge in [-0.1, -0.05) is 0 Å². The zero-order valence-electron chi connectivity index (χ0n) is 15.7. The summed E-state index contributed by atoms with van der Waals surface area (Å²) in [7, 11) is 0. The molecule has 0 saturated carbocycles. The first-order valence-corrected chi connectivity index (χ1v) is 8.65. The summed E-state index contributed by atoms with van der Waals surface area (Å²) in [5.41, 5.74) is 0. The zero-order chi connectivity index (χ0) is 20.4. The zero-order valence-corrected chi connectivity index (χ0v) is 15.7. The molecule has 10 heteroatoms. The van der Waals surface area contributed by atoms with Gasteiger partial charge in [0.1, 0.15) is 18.8 Å². The molecule has 0 aromatic rings. The van der Waals surface area contributed by atoms with Crippen molar-refractivity contribution in [2.75, 3.05) is 13.2 Å². The van der Waals surface area contributed by atoms with Gasteiger partial charge in [0.25, 0.3) is 0 Å². The maximum absolute atomic E-state index is 11.4. The van der Waals surface area contributed by atoms with E-state index >= 15 is 0 Å². The lowest BCUT2D eigenvalue weighted by molar-refractivity contribution is -0.266. The van der Waals surface area contributed by atoms with Crippen molar-refractivity contribution in [2.24, 2.45) is 0 Å². The Morgan fingerprint density at radius 3 is 2.22 bits per heavy atom. The van der Waals surface area contributed by atoms with Crippen LogP contribution in [0.25, 0.3) is 0 Å². The molecule has 3 unspecified atom stereocenters. The molecule has 4 atom stereocenters. The van der Waals surface area contributed by atoms with Gasteiger partial charge in [0, 0.05) is 40.2 Å². The van der Waals surface area contributed by atoms with Gasteiger partial charge in [0.05, 0.1) is 0 Å². The minimum absolute atomic E-state index is 0.0363. The first-order valence-electron chi connectivity index (χ1n) is 8.65. The number of carboxylic acid groups (broad SMARTS) is 1. The average molecular weight is 390 g/mol. The fraction of sp³-hybridized carbons (Fsp3) is 0.765. The van der Waals surface area contributed by atoms with E-state index in [4.69, 9.17) is 28.8 Å². The summed E-state index contributed by atoms with van der Waals surface area (Å²) in [5, 5.41) is 8.62. The molecule has 1 rings (SSSR count). The minimum Gasteiger partial charge on any atom is -0.481 e. The number of aliphatic carboxylic acids is 1. The average Bonchev–Trinajstić information content (AvgIpc) is 2.53. The number of rotatable bonds is 10. The quantitative estimate of drug-likeness (QED) is 0.324. The molecule has 0 radical (unpaired) electrons. The molecule has 0 aromatic heterocycles. The van der Waals surface area contributed by atoms with E-state index in [1.54, 1.807) is 0 Å². The molecule has 0 bridgehead atoms. The van der Waals surface area contributed by atoms with Gasteiger partial charge in [-0.2, -0.15) is 0 Å². The smallest absolute Gasteiger partial charge is 0.303 e. The number of hydrogen-bond acceptors (Lipinski definition) is 9. The second-order valence-electron chi connectivity index (χ2n) is 6.09. The van der Waals surface area contributed by atoms with Crippen LogP contribution in [-0.2, 0) is 42.9 Å². The molecule has 1 aliphatic heterocycles. The molecular formula is C17H26O10. The van der Waals surface area contributed by atoms with Crippen LogP contribution < -0.4 is 0 Å².